The van der Waals surface area contributed by atoms with Crippen molar-refractivity contribution in [1.82, 2.24) is 20.2 Å². The summed E-state index contributed by atoms with van der Waals surface area (Å²) in [6.45, 7) is 1.93. The molecule has 2 atom stereocenters. The minimum Gasteiger partial charge on any atom is -0.485 e. The summed E-state index contributed by atoms with van der Waals surface area (Å²) in [4.78, 5) is 6.89. The van der Waals surface area contributed by atoms with Crippen molar-refractivity contribution in [3.63, 3.8) is 0 Å². The Hall–Kier alpha value is -2.72. The van der Waals surface area contributed by atoms with Crippen molar-refractivity contribution < 1.29 is 17.5 Å². The van der Waals surface area contributed by atoms with Crippen LogP contribution in [0.5, 0.6) is 5.75 Å². The lowest BCUT2D eigenvalue weighted by molar-refractivity contribution is 0.0761. The van der Waals surface area contributed by atoms with Crippen molar-refractivity contribution >= 4 is 27.4 Å². The van der Waals surface area contributed by atoms with E-state index < -0.39 is 26.3 Å². The van der Waals surface area contributed by atoms with Crippen LogP contribution in [0.1, 0.15) is 37.8 Å². The Morgan fingerprint density at radius 1 is 1.33 bits per heavy atom. The third kappa shape index (κ3) is 3.97. The Kier molecular flexibility index (Phi) is 5.37. The Labute approximate surface area is 177 Å². The van der Waals surface area contributed by atoms with Gasteiger partial charge in [-0.1, -0.05) is 11.6 Å². The summed E-state index contributed by atoms with van der Waals surface area (Å²) in [5.41, 5.74) is 0.294. The molecule has 1 aromatic carbocycles. The number of rotatable bonds is 6. The Bertz CT molecular complexity index is 1140. The lowest BCUT2D eigenvalue weighted by Crippen LogP contribution is -2.35. The molecule has 0 amide bonds. The van der Waals surface area contributed by atoms with Gasteiger partial charge in [0.25, 0.3) is 10.0 Å². The number of sulfonamides is 1. The molecule has 2 heterocycles. The second-order valence-corrected chi connectivity index (χ2v) is 9.34. The molecule has 2 aromatic heterocycles. The van der Waals surface area contributed by atoms with E-state index in [0.29, 0.717) is 0 Å². The molecule has 0 bridgehead atoms. The monoisotopic (exact) mass is 451 g/mol. The Morgan fingerprint density at radius 2 is 2.17 bits per heavy atom. The normalized spacial score (nSPS) is 21.5. The summed E-state index contributed by atoms with van der Waals surface area (Å²) in [7, 11) is -4.24. The molecule has 4 rings (SSSR count). The first-order chi connectivity index (χ1) is 14.3. The van der Waals surface area contributed by atoms with Gasteiger partial charge >= 0.3 is 0 Å². The molecule has 1 aliphatic carbocycles. The molecule has 30 heavy (non-hydrogen) atoms. The van der Waals surface area contributed by atoms with E-state index in [1.165, 1.54) is 18.6 Å². The number of H-pyrrole nitrogens is 1. The first-order valence-corrected chi connectivity index (χ1v) is 11.1. The van der Waals surface area contributed by atoms with E-state index in [-0.39, 0.29) is 22.5 Å². The van der Waals surface area contributed by atoms with Crippen LogP contribution >= 0.6 is 11.6 Å². The number of anilines is 1. The number of benzene rings is 1. The van der Waals surface area contributed by atoms with Crippen LogP contribution < -0.4 is 9.46 Å². The van der Waals surface area contributed by atoms with Gasteiger partial charge in [0.15, 0.2) is 0 Å². The van der Waals surface area contributed by atoms with Gasteiger partial charge in [-0.05, 0) is 44.4 Å². The van der Waals surface area contributed by atoms with E-state index in [1.807, 2.05) is 13.0 Å². The number of aromatic amines is 1. The van der Waals surface area contributed by atoms with Gasteiger partial charge in [0.2, 0.25) is 0 Å². The van der Waals surface area contributed by atoms with Crippen LogP contribution in [0.2, 0.25) is 5.02 Å². The first-order valence-electron chi connectivity index (χ1n) is 9.25. The third-order valence-corrected chi connectivity index (χ3v) is 6.91. The lowest BCUT2D eigenvalue weighted by Gasteiger charge is -2.32. The van der Waals surface area contributed by atoms with Gasteiger partial charge in [-0.2, -0.15) is 5.10 Å². The summed E-state index contributed by atoms with van der Waals surface area (Å²) in [5, 5.41) is 6.95. The van der Waals surface area contributed by atoms with Crippen molar-refractivity contribution in [2.75, 3.05) is 4.72 Å². The largest absolute Gasteiger partial charge is 0.485 e. The fourth-order valence-corrected chi connectivity index (χ4v) is 5.16. The van der Waals surface area contributed by atoms with Gasteiger partial charge in [-0.15, -0.1) is 0 Å². The fourth-order valence-electron chi connectivity index (χ4n) is 3.79. The molecule has 0 aliphatic heterocycles. The maximum absolute atomic E-state index is 14.8. The number of aromatic nitrogens is 4. The Balaban J connectivity index is 1.61. The highest BCUT2D eigenvalue weighted by Gasteiger charge is 2.43. The molecule has 2 N–H and O–H groups in total. The van der Waals surface area contributed by atoms with Gasteiger partial charge in [0.05, 0.1) is 5.02 Å². The molecule has 0 unspecified atom stereocenters. The number of nitrogens with one attached hydrogen (secondary N) is 2. The van der Waals surface area contributed by atoms with Crippen molar-refractivity contribution in [2.24, 2.45) is 0 Å². The highest BCUT2D eigenvalue weighted by molar-refractivity contribution is 7.92. The minimum atomic E-state index is -4.24. The zero-order chi connectivity index (χ0) is 21.4. The van der Waals surface area contributed by atoms with Crippen molar-refractivity contribution in [3.8, 4) is 5.75 Å². The highest BCUT2D eigenvalue weighted by Crippen LogP contribution is 2.46. The summed E-state index contributed by atoms with van der Waals surface area (Å²) in [6.07, 6.45) is 6.76. The van der Waals surface area contributed by atoms with Crippen LogP contribution in [0.3, 0.4) is 0 Å². The van der Waals surface area contributed by atoms with Crippen LogP contribution in [0.4, 0.5) is 10.2 Å². The predicted molar refractivity (Wildman–Crippen MR) is 108 cm³/mol. The van der Waals surface area contributed by atoms with Crippen LogP contribution in [-0.4, -0.2) is 34.2 Å². The van der Waals surface area contributed by atoms with Crippen molar-refractivity contribution in [1.29, 1.82) is 0 Å². The number of hydrogen-bond donors (Lipinski definition) is 2. The van der Waals surface area contributed by atoms with Crippen LogP contribution in [0.25, 0.3) is 0 Å². The predicted octanol–water partition coefficient (Wildman–Crippen LogP) is 3.90. The van der Waals surface area contributed by atoms with Gasteiger partial charge < -0.3 is 4.74 Å². The van der Waals surface area contributed by atoms with Crippen LogP contribution in [0.15, 0.2) is 47.9 Å². The topological polar surface area (TPSA) is 110 Å². The zero-order valence-corrected chi connectivity index (χ0v) is 17.5. The number of hydrogen-bond acceptors (Lipinski definition) is 6. The summed E-state index contributed by atoms with van der Waals surface area (Å²) in [6, 6.07) is 5.28. The molecule has 1 aliphatic rings. The van der Waals surface area contributed by atoms with Gasteiger partial charge in [-0.3, -0.25) is 9.82 Å². The minimum absolute atomic E-state index is 0.00375. The first kappa shape index (κ1) is 20.5. The SMILES string of the molecule is C[C@@]1(Oc2cc(F)c(S(=O)(=O)Nc3ccncn3)cc2Cl)CCC[C@@H]1c1ccn[nH]1. The molecule has 0 radical (unpaired) electrons. The van der Waals surface area contributed by atoms with E-state index in [1.54, 1.807) is 6.20 Å². The molecule has 3 aromatic rings. The quantitative estimate of drug-likeness (QED) is 0.588. The van der Waals surface area contributed by atoms with E-state index in [4.69, 9.17) is 16.3 Å². The smallest absolute Gasteiger partial charge is 0.266 e. The zero-order valence-electron chi connectivity index (χ0n) is 16.0. The summed E-state index contributed by atoms with van der Waals surface area (Å²) >= 11 is 6.29. The second kappa shape index (κ2) is 7.84. The van der Waals surface area contributed by atoms with E-state index in [2.05, 4.69) is 24.9 Å². The lowest BCUT2D eigenvalue weighted by atomic mass is 9.89. The number of ether oxygens (including phenoxy) is 1. The van der Waals surface area contributed by atoms with Gasteiger partial charge in [0.1, 0.15) is 34.2 Å². The van der Waals surface area contributed by atoms with Crippen LogP contribution in [0, 0.1) is 5.82 Å². The number of halogens is 2. The fraction of sp³-hybridized carbons (Fsp3) is 0.316. The molecule has 0 saturated heterocycles. The molecule has 1 saturated carbocycles. The molecule has 8 nitrogen and oxygen atoms in total. The molecule has 0 spiro atoms. The average Bonchev–Trinajstić information content (AvgIpc) is 3.34. The summed E-state index contributed by atoms with van der Waals surface area (Å²) < 4.78 is 48.3. The molecule has 158 valence electrons. The molecule has 11 heteroatoms. The highest BCUT2D eigenvalue weighted by atomic mass is 35.5. The van der Waals surface area contributed by atoms with Gasteiger partial charge in [0, 0.05) is 30.1 Å². The molecule has 1 fully saturated rings. The third-order valence-electron chi connectivity index (χ3n) is 5.24. The van der Waals surface area contributed by atoms with Gasteiger partial charge in [-0.25, -0.2) is 22.8 Å². The Morgan fingerprint density at radius 3 is 2.87 bits per heavy atom. The average molecular weight is 452 g/mol. The van der Waals surface area contributed by atoms with E-state index in [0.717, 1.165) is 37.1 Å². The maximum atomic E-state index is 14.8. The standard InChI is InChI=1S/C19H19ClFN5O3S/c1-19(6-2-3-12(19)15-4-8-24-25-15)29-16-10-14(21)17(9-13(16)20)30(27,28)26-18-5-7-22-11-23-18/h4-5,7-12H,2-3,6H2,1H3,(H,24,25)(H,22,23,26)/t12-,19-/m1/s1. The molecular formula is C19H19ClFN5O3S. The van der Waals surface area contributed by atoms with Crippen molar-refractivity contribution in [2.45, 2.75) is 42.6 Å². The summed E-state index contributed by atoms with van der Waals surface area (Å²) in [5.74, 6) is -0.844. The van der Waals surface area contributed by atoms with Crippen molar-refractivity contribution in [3.05, 3.63) is 59.5 Å². The van der Waals surface area contributed by atoms with E-state index in [9.17, 15) is 12.8 Å². The van der Waals surface area contributed by atoms with Crippen LogP contribution in [-0.2, 0) is 10.0 Å². The molecular weight excluding hydrogens is 433 g/mol. The van der Waals surface area contributed by atoms with E-state index >= 15 is 0 Å². The second-order valence-electron chi connectivity index (χ2n) is 7.28. The number of nitrogens with zero attached hydrogens (tertiary/aromatic N) is 3. The maximum Gasteiger partial charge on any atom is 0.266 e.